The van der Waals surface area contributed by atoms with Crippen LogP contribution in [0.5, 0.6) is 5.75 Å². The Morgan fingerprint density at radius 3 is 2.68 bits per heavy atom. The Bertz CT molecular complexity index is 1210. The largest absolute Gasteiger partial charge is 0.497 e. The van der Waals surface area contributed by atoms with E-state index in [1.54, 1.807) is 13.3 Å². The molecule has 0 bridgehead atoms. The summed E-state index contributed by atoms with van der Waals surface area (Å²) >= 11 is 0. The lowest BCUT2D eigenvalue weighted by molar-refractivity contribution is 0.415. The Hall–Kier alpha value is -3.87. The van der Waals surface area contributed by atoms with Gasteiger partial charge in [-0.1, -0.05) is 18.2 Å². The molecule has 2 aromatic heterocycles. The number of ether oxygens (including phenoxy) is 1. The molecule has 0 amide bonds. The first-order chi connectivity index (χ1) is 13.6. The van der Waals surface area contributed by atoms with Gasteiger partial charge in [0.25, 0.3) is 5.56 Å². The zero-order valence-electron chi connectivity index (χ0n) is 15.5. The summed E-state index contributed by atoms with van der Waals surface area (Å²) in [4.78, 5) is 22.4. The van der Waals surface area contributed by atoms with E-state index in [0.717, 1.165) is 33.5 Å². The number of para-hydroxylation sites is 1. The first kappa shape index (κ1) is 17.5. The lowest BCUT2D eigenvalue weighted by atomic mass is 10.1. The highest BCUT2D eigenvalue weighted by Gasteiger charge is 2.06. The van der Waals surface area contributed by atoms with Gasteiger partial charge in [-0.2, -0.15) is 5.10 Å². The fourth-order valence-electron chi connectivity index (χ4n) is 3.04. The Balaban J connectivity index is 1.59. The molecule has 3 N–H and O–H groups in total. The molecule has 4 aromatic rings. The summed E-state index contributed by atoms with van der Waals surface area (Å²) < 4.78 is 5.16. The Kier molecular flexibility index (Phi) is 4.63. The third-order valence-electron chi connectivity index (χ3n) is 4.43. The van der Waals surface area contributed by atoms with Crippen LogP contribution in [0.2, 0.25) is 0 Å². The zero-order chi connectivity index (χ0) is 19.5. The Labute approximate surface area is 161 Å². The van der Waals surface area contributed by atoms with Crippen molar-refractivity contribution in [2.24, 2.45) is 5.10 Å². The van der Waals surface area contributed by atoms with E-state index in [1.165, 1.54) is 6.07 Å². The van der Waals surface area contributed by atoms with Crippen LogP contribution >= 0.6 is 0 Å². The molecule has 140 valence electrons. The minimum atomic E-state index is -0.262. The molecular weight excluding hydrogens is 354 g/mol. The van der Waals surface area contributed by atoms with Crippen LogP contribution in [0, 0.1) is 6.92 Å². The number of benzene rings is 2. The number of fused-ring (bicyclic) bond motifs is 1. The zero-order valence-corrected chi connectivity index (χ0v) is 15.5. The number of nitrogens with zero attached hydrogens (tertiary/aromatic N) is 2. The number of aromatic amines is 2. The second kappa shape index (κ2) is 7.40. The third-order valence-corrected chi connectivity index (χ3v) is 4.43. The number of nitrogens with one attached hydrogen (secondary N) is 3. The molecule has 0 saturated carbocycles. The van der Waals surface area contributed by atoms with E-state index in [2.05, 4.69) is 25.5 Å². The predicted octanol–water partition coefficient (Wildman–Crippen LogP) is 3.68. The first-order valence-corrected chi connectivity index (χ1v) is 8.76. The van der Waals surface area contributed by atoms with Crippen LogP contribution in [0.3, 0.4) is 0 Å². The van der Waals surface area contributed by atoms with E-state index in [9.17, 15) is 4.79 Å². The van der Waals surface area contributed by atoms with Gasteiger partial charge in [-0.05, 0) is 37.3 Å². The minimum absolute atomic E-state index is 0.262. The van der Waals surface area contributed by atoms with Crippen molar-refractivity contribution in [2.45, 2.75) is 6.92 Å². The summed E-state index contributed by atoms with van der Waals surface area (Å²) in [6.45, 7) is 1.99. The smallest absolute Gasteiger partial charge is 0.252 e. The molecule has 0 fully saturated rings. The number of aromatic nitrogens is 3. The number of rotatable bonds is 5. The van der Waals surface area contributed by atoms with Gasteiger partial charge in [0.05, 0.1) is 19.0 Å². The van der Waals surface area contributed by atoms with Crippen LogP contribution < -0.4 is 15.7 Å². The van der Waals surface area contributed by atoms with Gasteiger partial charge in [-0.15, -0.1) is 0 Å². The fourth-order valence-corrected chi connectivity index (χ4v) is 3.04. The molecule has 7 heteroatoms. The molecule has 0 atom stereocenters. The van der Waals surface area contributed by atoms with E-state index >= 15 is 0 Å². The average molecular weight is 373 g/mol. The number of anilines is 1. The Morgan fingerprint density at radius 2 is 1.89 bits per heavy atom. The van der Waals surface area contributed by atoms with E-state index < -0.39 is 0 Å². The van der Waals surface area contributed by atoms with Gasteiger partial charge in [0, 0.05) is 33.8 Å². The van der Waals surface area contributed by atoms with Gasteiger partial charge in [0.1, 0.15) is 5.75 Å². The van der Waals surface area contributed by atoms with Gasteiger partial charge < -0.3 is 9.72 Å². The Morgan fingerprint density at radius 1 is 1.11 bits per heavy atom. The molecule has 7 nitrogen and oxygen atoms in total. The number of hydrogen-bond acceptors (Lipinski definition) is 5. The lowest BCUT2D eigenvalue weighted by Gasteiger charge is -2.05. The lowest BCUT2D eigenvalue weighted by Crippen LogP contribution is -2.10. The summed E-state index contributed by atoms with van der Waals surface area (Å²) in [5.74, 6) is 1.01. The molecule has 0 aliphatic heterocycles. The molecule has 0 unspecified atom stereocenters. The maximum absolute atomic E-state index is 12.0. The first-order valence-electron chi connectivity index (χ1n) is 8.76. The second-order valence-electron chi connectivity index (χ2n) is 6.29. The summed E-state index contributed by atoms with van der Waals surface area (Å²) in [6, 6.07) is 16.8. The van der Waals surface area contributed by atoms with Crippen molar-refractivity contribution in [3.05, 3.63) is 76.2 Å². The highest BCUT2D eigenvalue weighted by Crippen LogP contribution is 2.21. The third kappa shape index (κ3) is 3.50. The number of hydrogen-bond donors (Lipinski definition) is 3. The van der Waals surface area contributed by atoms with Crippen LogP contribution in [0.1, 0.15) is 11.3 Å². The molecule has 0 saturated heterocycles. The van der Waals surface area contributed by atoms with Gasteiger partial charge >= 0.3 is 0 Å². The molecule has 0 aliphatic rings. The number of hydrazone groups is 1. The van der Waals surface area contributed by atoms with Crippen LogP contribution in [-0.4, -0.2) is 28.3 Å². The van der Waals surface area contributed by atoms with Crippen molar-refractivity contribution in [1.29, 1.82) is 0 Å². The molecule has 2 heterocycles. The number of aryl methyl sites for hydroxylation is 1. The van der Waals surface area contributed by atoms with E-state index in [0.29, 0.717) is 5.69 Å². The van der Waals surface area contributed by atoms with Gasteiger partial charge in [0.15, 0.2) is 0 Å². The molecule has 2 aromatic carbocycles. The summed E-state index contributed by atoms with van der Waals surface area (Å²) in [5.41, 5.74) is 6.96. The van der Waals surface area contributed by atoms with Gasteiger partial charge in [-0.25, -0.2) is 10.4 Å². The summed E-state index contributed by atoms with van der Waals surface area (Å²) in [7, 11) is 1.61. The highest BCUT2D eigenvalue weighted by atomic mass is 16.5. The van der Waals surface area contributed by atoms with Crippen LogP contribution in [0.4, 0.5) is 5.95 Å². The molecular formula is C21H19N5O2. The molecule has 4 rings (SSSR count). The maximum atomic E-state index is 12.0. The van der Waals surface area contributed by atoms with Crippen LogP contribution in [0.15, 0.2) is 64.5 Å². The summed E-state index contributed by atoms with van der Waals surface area (Å²) in [6.07, 6.45) is 1.72. The van der Waals surface area contributed by atoms with Gasteiger partial charge in [0.2, 0.25) is 5.95 Å². The van der Waals surface area contributed by atoms with Crippen molar-refractivity contribution in [3.63, 3.8) is 0 Å². The maximum Gasteiger partial charge on any atom is 0.252 e. The van der Waals surface area contributed by atoms with Crippen molar-refractivity contribution in [3.8, 4) is 17.0 Å². The van der Waals surface area contributed by atoms with Gasteiger partial charge in [-0.3, -0.25) is 9.78 Å². The normalized spacial score (nSPS) is 11.2. The monoisotopic (exact) mass is 373 g/mol. The van der Waals surface area contributed by atoms with Crippen molar-refractivity contribution in [2.75, 3.05) is 12.5 Å². The van der Waals surface area contributed by atoms with Crippen molar-refractivity contribution in [1.82, 2.24) is 15.0 Å². The molecule has 28 heavy (non-hydrogen) atoms. The SMILES string of the molecule is COc1ccc(-c2cc(=O)[nH]c(N/N=C\c3c(C)[nH]c4ccccc34)n2)cc1. The van der Waals surface area contributed by atoms with E-state index in [1.807, 2.05) is 55.5 Å². The van der Waals surface area contributed by atoms with Crippen LogP contribution in [0.25, 0.3) is 22.2 Å². The second-order valence-corrected chi connectivity index (χ2v) is 6.29. The van der Waals surface area contributed by atoms with Crippen LogP contribution in [-0.2, 0) is 0 Å². The standard InChI is InChI=1S/C21H19N5O2/c1-13-17(16-5-3-4-6-18(16)23-13)12-22-26-21-24-19(11-20(27)25-21)14-7-9-15(28-2)10-8-14/h3-12,23H,1-2H3,(H2,24,25,26,27)/b22-12-. The quantitative estimate of drug-likeness (QED) is 0.367. The minimum Gasteiger partial charge on any atom is -0.497 e. The molecule has 0 spiro atoms. The van der Waals surface area contributed by atoms with E-state index in [-0.39, 0.29) is 11.5 Å². The number of methoxy groups -OCH3 is 1. The predicted molar refractivity (Wildman–Crippen MR) is 111 cm³/mol. The fraction of sp³-hybridized carbons (Fsp3) is 0.0952. The molecule has 0 aliphatic carbocycles. The number of H-pyrrole nitrogens is 2. The average Bonchev–Trinajstić information content (AvgIpc) is 3.03. The topological polar surface area (TPSA) is 95.2 Å². The highest BCUT2D eigenvalue weighted by molar-refractivity contribution is 6.00. The van der Waals surface area contributed by atoms with Crippen molar-refractivity contribution >= 4 is 23.1 Å². The summed E-state index contributed by atoms with van der Waals surface area (Å²) in [5, 5.41) is 5.33. The van der Waals surface area contributed by atoms with E-state index in [4.69, 9.17) is 4.74 Å². The molecule has 0 radical (unpaired) electrons. The van der Waals surface area contributed by atoms with Crippen molar-refractivity contribution < 1.29 is 4.74 Å².